The molecule has 0 atom stereocenters. The number of ether oxygens (including phenoxy) is 1. The molecule has 0 bridgehead atoms. The minimum Gasteiger partial charge on any atom is -0.744 e. The largest absolute Gasteiger partial charge is 0.744 e. The summed E-state index contributed by atoms with van der Waals surface area (Å²) in [5.74, 6) is 0.0764. The molecule has 0 saturated carbocycles. The van der Waals surface area contributed by atoms with Crippen LogP contribution in [0.4, 0.5) is 0 Å². The molecule has 0 radical (unpaired) electrons. The zero-order valence-electron chi connectivity index (χ0n) is 17.9. The molecule has 0 aromatic heterocycles. The molecule has 6 heteroatoms. The van der Waals surface area contributed by atoms with Gasteiger partial charge in [0.1, 0.15) is 15.9 Å². The summed E-state index contributed by atoms with van der Waals surface area (Å²) >= 11 is 0. The summed E-state index contributed by atoms with van der Waals surface area (Å²) in [4.78, 5) is -0.326. The first kappa shape index (κ1) is 26.4. The Kier molecular flexibility index (Phi) is 14.0. The SMILES string of the molecule is CCCC[P+](CC)(CCCC)CCCC.COc1ccccc1S(=O)(=O)[O-]. The van der Waals surface area contributed by atoms with Crippen molar-refractivity contribution in [1.29, 1.82) is 0 Å². The van der Waals surface area contributed by atoms with Gasteiger partial charge in [-0.05, 0) is 38.3 Å². The molecule has 0 fully saturated rings. The highest BCUT2D eigenvalue weighted by Crippen LogP contribution is 2.60. The normalized spacial score (nSPS) is 11.6. The highest BCUT2D eigenvalue weighted by Gasteiger charge is 2.32. The summed E-state index contributed by atoms with van der Waals surface area (Å²) in [6, 6.07) is 5.69. The molecule has 0 aliphatic heterocycles. The van der Waals surface area contributed by atoms with Crippen molar-refractivity contribution in [2.45, 2.75) is 71.1 Å². The third kappa shape index (κ3) is 10.5. The first-order valence-electron chi connectivity index (χ1n) is 10.2. The molecule has 1 rings (SSSR count). The molecule has 0 amide bonds. The van der Waals surface area contributed by atoms with Gasteiger partial charge in [-0.3, -0.25) is 0 Å². The maximum Gasteiger partial charge on any atom is 0.136 e. The zero-order valence-corrected chi connectivity index (χ0v) is 19.6. The van der Waals surface area contributed by atoms with Crippen LogP contribution in [0.5, 0.6) is 5.75 Å². The monoisotopic (exact) mass is 418 g/mol. The fourth-order valence-electron chi connectivity index (χ4n) is 3.12. The predicted molar refractivity (Wildman–Crippen MR) is 118 cm³/mol. The average molecular weight is 419 g/mol. The molecular formula is C21H39O4PS. The van der Waals surface area contributed by atoms with E-state index >= 15 is 0 Å². The van der Waals surface area contributed by atoms with Crippen LogP contribution in [-0.4, -0.2) is 44.7 Å². The van der Waals surface area contributed by atoms with Gasteiger partial charge in [-0.2, -0.15) is 0 Å². The van der Waals surface area contributed by atoms with Crippen LogP contribution >= 0.6 is 7.26 Å². The van der Waals surface area contributed by atoms with Gasteiger partial charge in [-0.25, -0.2) is 8.42 Å². The van der Waals surface area contributed by atoms with Gasteiger partial charge >= 0.3 is 0 Å². The highest BCUT2D eigenvalue weighted by molar-refractivity contribution is 7.85. The van der Waals surface area contributed by atoms with Gasteiger partial charge in [0.15, 0.2) is 0 Å². The maximum absolute atomic E-state index is 10.6. The van der Waals surface area contributed by atoms with Gasteiger partial charge in [0.05, 0.1) is 36.7 Å². The number of para-hydroxylation sites is 1. The summed E-state index contributed by atoms with van der Waals surface area (Å²) < 4.78 is 36.4. The van der Waals surface area contributed by atoms with E-state index in [0.717, 1.165) is 0 Å². The average Bonchev–Trinajstić information content (AvgIpc) is 2.67. The van der Waals surface area contributed by atoms with Crippen molar-refractivity contribution in [1.82, 2.24) is 0 Å². The van der Waals surface area contributed by atoms with Gasteiger partial charge in [0.25, 0.3) is 0 Å². The van der Waals surface area contributed by atoms with Crippen molar-refractivity contribution in [3.8, 4) is 5.75 Å². The van der Waals surface area contributed by atoms with Gasteiger partial charge in [0, 0.05) is 7.26 Å². The van der Waals surface area contributed by atoms with Crippen molar-refractivity contribution in [3.05, 3.63) is 24.3 Å². The molecule has 0 heterocycles. The van der Waals surface area contributed by atoms with Crippen LogP contribution < -0.4 is 4.74 Å². The van der Waals surface area contributed by atoms with E-state index in [4.69, 9.17) is 4.74 Å². The molecule has 1 aromatic rings. The third-order valence-corrected chi connectivity index (χ3v) is 11.0. The van der Waals surface area contributed by atoms with Crippen LogP contribution in [0.25, 0.3) is 0 Å². The lowest BCUT2D eigenvalue weighted by molar-refractivity contribution is 0.395. The Morgan fingerprint density at radius 1 is 0.889 bits per heavy atom. The molecule has 27 heavy (non-hydrogen) atoms. The van der Waals surface area contributed by atoms with E-state index < -0.39 is 17.4 Å². The number of hydrogen-bond donors (Lipinski definition) is 0. The maximum atomic E-state index is 10.6. The fraction of sp³-hybridized carbons (Fsp3) is 0.714. The lowest BCUT2D eigenvalue weighted by Gasteiger charge is -2.26. The van der Waals surface area contributed by atoms with E-state index in [1.54, 1.807) is 24.6 Å². The Labute approximate surface area is 168 Å². The van der Waals surface area contributed by atoms with Crippen molar-refractivity contribution >= 4 is 17.4 Å². The van der Waals surface area contributed by atoms with Crippen molar-refractivity contribution in [3.63, 3.8) is 0 Å². The number of methoxy groups -OCH3 is 1. The first-order chi connectivity index (χ1) is 12.8. The van der Waals surface area contributed by atoms with E-state index in [1.165, 1.54) is 70.0 Å². The van der Waals surface area contributed by atoms with Crippen LogP contribution in [0, 0.1) is 0 Å². The van der Waals surface area contributed by atoms with Gasteiger partial charge in [0.2, 0.25) is 0 Å². The van der Waals surface area contributed by atoms with E-state index in [0.29, 0.717) is 0 Å². The predicted octanol–water partition coefficient (Wildman–Crippen LogP) is 6.02. The fourth-order valence-corrected chi connectivity index (χ4v) is 8.34. The summed E-state index contributed by atoms with van der Waals surface area (Å²) in [7, 11) is -3.64. The Morgan fingerprint density at radius 3 is 1.63 bits per heavy atom. The molecule has 1 aromatic carbocycles. The molecule has 158 valence electrons. The van der Waals surface area contributed by atoms with Gasteiger partial charge < -0.3 is 9.29 Å². The van der Waals surface area contributed by atoms with Crippen molar-refractivity contribution < 1.29 is 17.7 Å². The molecule has 0 N–H and O–H groups in total. The van der Waals surface area contributed by atoms with Crippen LogP contribution in [0.15, 0.2) is 29.2 Å². The summed E-state index contributed by atoms with van der Waals surface area (Å²) in [6.07, 6.45) is 14.9. The molecule has 0 aliphatic rings. The Hall–Kier alpha value is -0.640. The minimum absolute atomic E-state index is 0.0764. The van der Waals surface area contributed by atoms with Crippen LogP contribution in [0.2, 0.25) is 0 Å². The summed E-state index contributed by atoms with van der Waals surface area (Å²) in [5, 5.41) is 0. The van der Waals surface area contributed by atoms with Crippen molar-refractivity contribution in [2.75, 3.05) is 31.8 Å². The molecule has 0 aliphatic carbocycles. The Balaban J connectivity index is 0.000000511. The van der Waals surface area contributed by atoms with Crippen molar-refractivity contribution in [2.24, 2.45) is 0 Å². The third-order valence-electron chi connectivity index (χ3n) is 4.97. The molecule has 4 nitrogen and oxygen atoms in total. The topological polar surface area (TPSA) is 66.4 Å². The van der Waals surface area contributed by atoms with E-state index in [1.807, 2.05) is 0 Å². The smallest absolute Gasteiger partial charge is 0.136 e. The number of rotatable bonds is 12. The zero-order chi connectivity index (χ0) is 20.8. The molecule has 0 saturated heterocycles. The summed E-state index contributed by atoms with van der Waals surface area (Å²) in [6.45, 7) is 9.46. The Morgan fingerprint density at radius 2 is 1.33 bits per heavy atom. The lowest BCUT2D eigenvalue weighted by atomic mass is 10.3. The van der Waals surface area contributed by atoms with E-state index in [-0.39, 0.29) is 10.6 Å². The van der Waals surface area contributed by atoms with Crippen LogP contribution in [0.1, 0.15) is 66.2 Å². The minimum atomic E-state index is -4.42. The molecule has 0 unspecified atom stereocenters. The van der Waals surface area contributed by atoms with Crippen LogP contribution in [0.3, 0.4) is 0 Å². The second kappa shape index (κ2) is 14.4. The second-order valence-electron chi connectivity index (χ2n) is 6.99. The first-order valence-corrected chi connectivity index (χ1v) is 14.2. The molecule has 0 spiro atoms. The second-order valence-corrected chi connectivity index (χ2v) is 13.0. The summed E-state index contributed by atoms with van der Waals surface area (Å²) in [5.41, 5.74) is 0. The Bertz CT molecular complexity index is 580. The lowest BCUT2D eigenvalue weighted by Crippen LogP contribution is -2.11. The quantitative estimate of drug-likeness (QED) is 0.307. The molecular weight excluding hydrogens is 379 g/mol. The standard InChI is InChI=1S/C14H32P.C7H8O4S/c1-5-9-12-15(8-4,13-10-6-2)14-11-7-3;1-11-6-4-2-3-5-7(6)12(8,9)10/h5-14H2,1-4H3;2-5H,1H3,(H,8,9,10)/q+1;/p-1. The number of hydrogen-bond acceptors (Lipinski definition) is 4. The van der Waals surface area contributed by atoms with Gasteiger partial charge in [-0.15, -0.1) is 0 Å². The van der Waals surface area contributed by atoms with E-state index in [2.05, 4.69) is 27.7 Å². The van der Waals surface area contributed by atoms with E-state index in [9.17, 15) is 13.0 Å². The highest BCUT2D eigenvalue weighted by atomic mass is 32.2. The number of unbranched alkanes of at least 4 members (excludes halogenated alkanes) is 3. The van der Waals surface area contributed by atoms with Gasteiger partial charge in [-0.1, -0.05) is 52.2 Å². The number of benzene rings is 1. The van der Waals surface area contributed by atoms with Crippen LogP contribution in [-0.2, 0) is 10.1 Å².